The van der Waals surface area contributed by atoms with Gasteiger partial charge in [-0.3, -0.25) is 9.59 Å². The van der Waals surface area contributed by atoms with Crippen molar-refractivity contribution in [3.8, 4) is 11.5 Å². The lowest BCUT2D eigenvalue weighted by Crippen LogP contribution is -2.33. The summed E-state index contributed by atoms with van der Waals surface area (Å²) in [4.78, 5) is 30.6. The second-order valence-electron chi connectivity index (χ2n) is 10.1. The van der Waals surface area contributed by atoms with Crippen LogP contribution in [0.1, 0.15) is 69.7 Å². The van der Waals surface area contributed by atoms with Crippen LogP contribution in [0, 0.1) is 0 Å². The highest BCUT2D eigenvalue weighted by Gasteiger charge is 2.46. The summed E-state index contributed by atoms with van der Waals surface area (Å²) < 4.78 is 11.6. The van der Waals surface area contributed by atoms with Crippen LogP contribution in [0.3, 0.4) is 0 Å². The summed E-state index contributed by atoms with van der Waals surface area (Å²) in [7, 11) is 0. The molecular weight excluding hydrogens is 480 g/mol. The minimum Gasteiger partial charge on any atom is -0.507 e. The maximum atomic E-state index is 13.4. The Kier molecular flexibility index (Phi) is 9.10. The van der Waals surface area contributed by atoms with E-state index in [9.17, 15) is 14.7 Å². The standard InChI is InChI=1S/C31H40N2O5/c1-5-8-18-37-25-13-10-22(11-14-25)28-27(29(34)23-12-15-26-24(20-23)19-21(4)38-26)30(35)31(36)33(28)17-9-16-32(6-2)7-3/h10-15,20-21,28,34H,5-9,16-19H2,1-4H3/b29-27+/t21-,28-/m1/s1. The van der Waals surface area contributed by atoms with Crippen molar-refractivity contribution in [2.24, 2.45) is 0 Å². The second-order valence-corrected chi connectivity index (χ2v) is 10.1. The maximum Gasteiger partial charge on any atom is 0.295 e. The van der Waals surface area contributed by atoms with E-state index in [0.717, 1.165) is 67.9 Å². The minimum absolute atomic E-state index is 0.0665. The number of ketones is 1. The van der Waals surface area contributed by atoms with Crippen LogP contribution in [0.2, 0.25) is 0 Å². The molecule has 2 aliphatic rings. The lowest BCUT2D eigenvalue weighted by Gasteiger charge is -2.27. The van der Waals surface area contributed by atoms with Crippen molar-refractivity contribution in [1.29, 1.82) is 0 Å². The number of carbonyl (C=O) groups is 2. The fourth-order valence-electron chi connectivity index (χ4n) is 5.27. The fourth-order valence-corrected chi connectivity index (χ4v) is 5.27. The van der Waals surface area contributed by atoms with Crippen LogP contribution in [0.15, 0.2) is 48.0 Å². The summed E-state index contributed by atoms with van der Waals surface area (Å²) in [6.45, 7) is 12.1. The third-order valence-corrected chi connectivity index (χ3v) is 7.44. The molecule has 7 heteroatoms. The number of carbonyl (C=O) groups excluding carboxylic acids is 2. The van der Waals surface area contributed by atoms with Crippen molar-refractivity contribution < 1.29 is 24.2 Å². The number of Topliss-reactive ketones (excluding diaryl/α,β-unsaturated/α-hetero) is 1. The molecule has 0 bridgehead atoms. The molecule has 0 radical (unpaired) electrons. The first-order chi connectivity index (χ1) is 18.4. The molecule has 1 saturated heterocycles. The summed E-state index contributed by atoms with van der Waals surface area (Å²) in [6.07, 6.45) is 3.56. The molecule has 7 nitrogen and oxygen atoms in total. The van der Waals surface area contributed by atoms with E-state index in [2.05, 4.69) is 25.7 Å². The zero-order valence-corrected chi connectivity index (χ0v) is 23.0. The highest BCUT2D eigenvalue weighted by Crippen LogP contribution is 2.41. The number of likely N-dealkylation sites (tertiary alicyclic amines) is 1. The Balaban J connectivity index is 1.69. The predicted molar refractivity (Wildman–Crippen MR) is 148 cm³/mol. The van der Waals surface area contributed by atoms with Crippen molar-refractivity contribution in [1.82, 2.24) is 9.80 Å². The third kappa shape index (κ3) is 5.88. The SMILES string of the molecule is CCCCOc1ccc([C@@H]2/C(=C(\O)c3ccc4c(c3)C[C@@H](C)O4)C(=O)C(=O)N2CCCN(CC)CC)cc1. The van der Waals surface area contributed by atoms with Gasteiger partial charge >= 0.3 is 0 Å². The van der Waals surface area contributed by atoms with Crippen molar-refractivity contribution in [3.63, 3.8) is 0 Å². The van der Waals surface area contributed by atoms with Crippen molar-refractivity contribution >= 4 is 17.4 Å². The largest absolute Gasteiger partial charge is 0.507 e. The first-order valence-corrected chi connectivity index (χ1v) is 13.9. The number of hydrogen-bond acceptors (Lipinski definition) is 6. The predicted octanol–water partition coefficient (Wildman–Crippen LogP) is 5.34. The number of hydrogen-bond donors (Lipinski definition) is 1. The van der Waals surface area contributed by atoms with Crippen LogP contribution in [0.4, 0.5) is 0 Å². The van der Waals surface area contributed by atoms with E-state index in [1.807, 2.05) is 43.3 Å². The molecule has 0 aromatic heterocycles. The van der Waals surface area contributed by atoms with Crippen molar-refractivity contribution in [3.05, 3.63) is 64.7 Å². The van der Waals surface area contributed by atoms with Gasteiger partial charge in [-0.15, -0.1) is 0 Å². The minimum atomic E-state index is -0.667. The number of unbranched alkanes of at least 4 members (excludes halogenated alkanes) is 1. The second kappa shape index (κ2) is 12.5. The smallest absolute Gasteiger partial charge is 0.295 e. The quantitative estimate of drug-likeness (QED) is 0.176. The van der Waals surface area contributed by atoms with Crippen LogP contribution in [-0.4, -0.2) is 65.5 Å². The lowest BCUT2D eigenvalue weighted by molar-refractivity contribution is -0.140. The summed E-state index contributed by atoms with van der Waals surface area (Å²) in [5, 5.41) is 11.4. The summed E-state index contributed by atoms with van der Waals surface area (Å²) in [5.41, 5.74) is 2.41. The number of aliphatic hydroxyl groups excluding tert-OH is 1. The van der Waals surface area contributed by atoms with Gasteiger partial charge in [-0.05, 0) is 80.9 Å². The zero-order chi connectivity index (χ0) is 27.2. The molecule has 1 amide bonds. The van der Waals surface area contributed by atoms with Gasteiger partial charge in [0.15, 0.2) is 0 Å². The molecule has 2 aromatic rings. The molecule has 4 rings (SSSR count). The van der Waals surface area contributed by atoms with E-state index in [1.165, 1.54) is 0 Å². The molecule has 0 saturated carbocycles. The summed E-state index contributed by atoms with van der Waals surface area (Å²) in [5.74, 6) is 0.168. The molecule has 2 aromatic carbocycles. The van der Waals surface area contributed by atoms with Gasteiger partial charge in [0.05, 0.1) is 18.2 Å². The van der Waals surface area contributed by atoms with Gasteiger partial charge < -0.3 is 24.4 Å². The van der Waals surface area contributed by atoms with E-state index >= 15 is 0 Å². The van der Waals surface area contributed by atoms with Crippen molar-refractivity contribution in [2.75, 3.05) is 32.8 Å². The normalized spacial score (nSPS) is 20.2. The van der Waals surface area contributed by atoms with E-state index < -0.39 is 17.7 Å². The number of ether oxygens (including phenoxy) is 2. The number of rotatable bonds is 12. The van der Waals surface area contributed by atoms with E-state index in [0.29, 0.717) is 18.7 Å². The van der Waals surface area contributed by atoms with Crippen LogP contribution >= 0.6 is 0 Å². The molecular formula is C31H40N2O5. The Morgan fingerprint density at radius 2 is 1.82 bits per heavy atom. The van der Waals surface area contributed by atoms with Crippen LogP contribution in [-0.2, 0) is 16.0 Å². The number of benzene rings is 2. The van der Waals surface area contributed by atoms with Crippen molar-refractivity contribution in [2.45, 2.75) is 65.5 Å². The lowest BCUT2D eigenvalue weighted by atomic mass is 9.94. The van der Waals surface area contributed by atoms with Gasteiger partial charge in [-0.1, -0.05) is 39.3 Å². The Hall–Kier alpha value is -3.32. The Morgan fingerprint density at radius 3 is 2.50 bits per heavy atom. The fraction of sp³-hybridized carbons (Fsp3) is 0.484. The van der Waals surface area contributed by atoms with Crippen LogP contribution in [0.5, 0.6) is 11.5 Å². The molecule has 2 heterocycles. The number of nitrogens with zero attached hydrogens (tertiary/aromatic N) is 2. The number of fused-ring (bicyclic) bond motifs is 1. The molecule has 204 valence electrons. The summed E-state index contributed by atoms with van der Waals surface area (Å²) >= 11 is 0. The van der Waals surface area contributed by atoms with Gasteiger partial charge in [0.25, 0.3) is 11.7 Å². The molecule has 1 fully saturated rings. The van der Waals surface area contributed by atoms with E-state index in [1.54, 1.807) is 11.0 Å². The molecule has 2 atom stereocenters. The van der Waals surface area contributed by atoms with Gasteiger partial charge in [-0.2, -0.15) is 0 Å². The van der Waals surface area contributed by atoms with Gasteiger partial charge in [0.1, 0.15) is 23.4 Å². The maximum absolute atomic E-state index is 13.4. The monoisotopic (exact) mass is 520 g/mol. The van der Waals surface area contributed by atoms with Gasteiger partial charge in [-0.25, -0.2) is 0 Å². The van der Waals surface area contributed by atoms with Gasteiger partial charge in [0, 0.05) is 18.5 Å². The van der Waals surface area contributed by atoms with Gasteiger partial charge in [0.2, 0.25) is 0 Å². The third-order valence-electron chi connectivity index (χ3n) is 7.44. The zero-order valence-electron chi connectivity index (χ0n) is 23.0. The topological polar surface area (TPSA) is 79.3 Å². The molecule has 0 unspecified atom stereocenters. The molecule has 38 heavy (non-hydrogen) atoms. The summed E-state index contributed by atoms with van der Waals surface area (Å²) in [6, 6.07) is 12.3. The van der Waals surface area contributed by atoms with E-state index in [4.69, 9.17) is 9.47 Å². The molecule has 0 aliphatic carbocycles. The average molecular weight is 521 g/mol. The first-order valence-electron chi connectivity index (χ1n) is 13.9. The number of aliphatic hydroxyl groups is 1. The number of amides is 1. The Labute approximate surface area is 226 Å². The van der Waals surface area contributed by atoms with Crippen LogP contribution in [0.25, 0.3) is 5.76 Å². The van der Waals surface area contributed by atoms with E-state index in [-0.39, 0.29) is 17.4 Å². The Bertz CT molecular complexity index is 1170. The molecule has 1 N–H and O–H groups in total. The Morgan fingerprint density at radius 1 is 1.08 bits per heavy atom. The highest BCUT2D eigenvalue weighted by atomic mass is 16.5. The van der Waals surface area contributed by atoms with Crippen LogP contribution < -0.4 is 9.47 Å². The first kappa shape index (κ1) is 27.7. The molecule has 2 aliphatic heterocycles. The average Bonchev–Trinajstić information content (AvgIpc) is 3.42. The molecule has 0 spiro atoms. The highest BCUT2D eigenvalue weighted by molar-refractivity contribution is 6.46.